The topological polar surface area (TPSA) is 195 Å². The molecule has 16 heteroatoms. The molecule has 0 aromatic heterocycles. The van der Waals surface area contributed by atoms with Crippen molar-refractivity contribution in [1.29, 1.82) is 0 Å². The van der Waals surface area contributed by atoms with E-state index in [0.29, 0.717) is 16.7 Å². The largest absolute Gasteiger partial charge is 0.496 e. The molecule has 0 radical (unpaired) electrons. The second kappa shape index (κ2) is 18.7. The van der Waals surface area contributed by atoms with Gasteiger partial charge in [-0.25, -0.2) is 28.8 Å². The minimum absolute atomic E-state index is 0.0341. The lowest BCUT2D eigenvalue weighted by molar-refractivity contribution is -0.129. The number of hydrogen-bond donors (Lipinski definition) is 0. The summed E-state index contributed by atoms with van der Waals surface area (Å²) in [6.07, 6.45) is -1.20. The second-order valence-electron chi connectivity index (χ2n) is 13.6. The monoisotopic (exact) mass is 836 g/mol. The van der Waals surface area contributed by atoms with Crippen LogP contribution in [0.5, 0.6) is 34.5 Å². The Hall–Kier alpha value is -7.30. The molecule has 0 amide bonds. The van der Waals surface area contributed by atoms with Crippen LogP contribution < -0.4 is 28.4 Å². The number of hydrogen-bond acceptors (Lipinski definition) is 16. The maximum absolute atomic E-state index is 13.4. The van der Waals surface area contributed by atoms with Gasteiger partial charge in [0.25, 0.3) is 0 Å². The molecule has 2 fully saturated rings. The molecule has 0 aliphatic carbocycles. The lowest BCUT2D eigenvalue weighted by Crippen LogP contribution is -2.36. The van der Waals surface area contributed by atoms with E-state index in [-0.39, 0.29) is 70.0 Å². The first-order valence-electron chi connectivity index (χ1n) is 18.6. The van der Waals surface area contributed by atoms with Crippen molar-refractivity contribution in [3.8, 4) is 34.5 Å². The molecule has 4 aromatic carbocycles. The Balaban J connectivity index is 1.04. The van der Waals surface area contributed by atoms with Gasteiger partial charge >= 0.3 is 35.8 Å². The molecule has 4 aromatic rings. The average molecular weight is 837 g/mol. The third kappa shape index (κ3) is 9.78. The van der Waals surface area contributed by atoms with Gasteiger partial charge in [0.05, 0.1) is 38.6 Å². The predicted octanol–water partition coefficient (Wildman–Crippen LogP) is 5.80. The third-order valence-corrected chi connectivity index (χ3v) is 9.59. The number of carbonyl (C=O) groups is 6. The zero-order valence-electron chi connectivity index (χ0n) is 33.7. The molecular weight excluding hydrogens is 796 g/mol. The summed E-state index contributed by atoms with van der Waals surface area (Å²) in [5.41, 5.74) is 2.03. The van der Waals surface area contributed by atoms with Crippen molar-refractivity contribution in [1.82, 2.24) is 0 Å². The van der Waals surface area contributed by atoms with Crippen LogP contribution in [0.15, 0.2) is 92.0 Å². The Morgan fingerprint density at radius 1 is 0.525 bits per heavy atom. The summed E-state index contributed by atoms with van der Waals surface area (Å²) >= 11 is 0. The summed E-state index contributed by atoms with van der Waals surface area (Å²) in [7, 11) is 2.67. The highest BCUT2D eigenvalue weighted by Gasteiger charge is 2.51. The molecule has 0 unspecified atom stereocenters. The Labute approximate surface area is 349 Å². The van der Waals surface area contributed by atoms with Crippen molar-refractivity contribution in [3.05, 3.63) is 131 Å². The Bertz CT molecular complexity index is 2430. The van der Waals surface area contributed by atoms with E-state index in [2.05, 4.69) is 13.2 Å². The molecule has 2 saturated heterocycles. The first kappa shape index (κ1) is 43.3. The van der Waals surface area contributed by atoms with E-state index in [1.807, 2.05) is 0 Å². The summed E-state index contributed by atoms with van der Waals surface area (Å²) in [6, 6.07) is 15.8. The smallest absolute Gasteiger partial charge is 0.343 e. The van der Waals surface area contributed by atoms with Crippen LogP contribution in [0.2, 0.25) is 0 Å². The third-order valence-electron chi connectivity index (χ3n) is 9.59. The van der Waals surface area contributed by atoms with Crippen LogP contribution in [0, 0.1) is 20.8 Å². The fourth-order valence-corrected chi connectivity index (χ4v) is 6.48. The van der Waals surface area contributed by atoms with Crippen LogP contribution in [0.1, 0.15) is 58.1 Å². The van der Waals surface area contributed by atoms with Gasteiger partial charge in [0.15, 0.2) is 12.2 Å². The zero-order chi connectivity index (χ0) is 44.0. The Morgan fingerprint density at radius 2 is 1.02 bits per heavy atom. The van der Waals surface area contributed by atoms with E-state index in [1.54, 1.807) is 26.8 Å². The highest BCUT2D eigenvalue weighted by Crippen LogP contribution is 2.35. The maximum Gasteiger partial charge on any atom is 0.343 e. The summed E-state index contributed by atoms with van der Waals surface area (Å²) in [5, 5.41) is 0. The van der Waals surface area contributed by atoms with Crippen molar-refractivity contribution in [3.63, 3.8) is 0 Å². The summed E-state index contributed by atoms with van der Waals surface area (Å²) in [5.74, 6) is -3.36. The van der Waals surface area contributed by atoms with Gasteiger partial charge in [-0.3, -0.25) is 0 Å². The molecule has 0 saturated carbocycles. The minimum atomic E-state index is -0.867. The summed E-state index contributed by atoms with van der Waals surface area (Å²) in [6.45, 7) is 11.6. The molecular formula is C45H40O16. The number of esters is 6. The number of rotatable bonds is 14. The zero-order valence-corrected chi connectivity index (χ0v) is 33.7. The first-order chi connectivity index (χ1) is 29.2. The second-order valence-corrected chi connectivity index (χ2v) is 13.6. The fraction of sp³-hybridized carbons (Fsp3) is 0.244. The summed E-state index contributed by atoms with van der Waals surface area (Å²) in [4.78, 5) is 76.0. The van der Waals surface area contributed by atoms with E-state index < -0.39 is 60.2 Å². The van der Waals surface area contributed by atoms with E-state index in [1.165, 1.54) is 74.9 Å². The molecule has 61 heavy (non-hydrogen) atoms. The van der Waals surface area contributed by atoms with Crippen LogP contribution in [0.3, 0.4) is 0 Å². The first-order valence-corrected chi connectivity index (χ1v) is 18.6. The van der Waals surface area contributed by atoms with Gasteiger partial charge in [-0.2, -0.15) is 0 Å². The van der Waals surface area contributed by atoms with E-state index in [0.717, 1.165) is 12.2 Å². The molecule has 2 aliphatic heterocycles. The molecule has 2 heterocycles. The number of methoxy groups -OCH3 is 2. The number of aryl methyl sites for hydroxylation is 3. The van der Waals surface area contributed by atoms with Gasteiger partial charge in [0.1, 0.15) is 57.8 Å². The Morgan fingerprint density at radius 3 is 1.51 bits per heavy atom. The van der Waals surface area contributed by atoms with Crippen LogP contribution in [0.4, 0.5) is 0 Å². The summed E-state index contributed by atoms with van der Waals surface area (Å²) < 4.78 is 55.5. The molecule has 4 atom stereocenters. The number of fused-ring (bicyclic) bond motifs is 1. The Kier molecular flexibility index (Phi) is 13.3. The molecule has 0 N–H and O–H groups in total. The van der Waals surface area contributed by atoms with Crippen LogP contribution >= 0.6 is 0 Å². The van der Waals surface area contributed by atoms with Crippen LogP contribution in [-0.2, 0) is 28.5 Å². The molecule has 2 aliphatic rings. The van der Waals surface area contributed by atoms with Crippen molar-refractivity contribution >= 4 is 35.8 Å². The molecule has 6 rings (SSSR count). The lowest BCUT2D eigenvalue weighted by atomic mass is 10.0. The maximum atomic E-state index is 13.4. The number of carbonyl (C=O) groups excluding carboxylic acids is 6. The van der Waals surface area contributed by atoms with Crippen molar-refractivity contribution in [2.75, 3.05) is 27.4 Å². The molecule has 316 valence electrons. The van der Waals surface area contributed by atoms with Gasteiger partial charge in [-0.05, 0) is 92.1 Å². The minimum Gasteiger partial charge on any atom is -0.496 e. The van der Waals surface area contributed by atoms with Crippen molar-refractivity contribution in [2.45, 2.75) is 45.2 Å². The van der Waals surface area contributed by atoms with Gasteiger partial charge in [0, 0.05) is 24.3 Å². The fourth-order valence-electron chi connectivity index (χ4n) is 6.48. The highest BCUT2D eigenvalue weighted by atomic mass is 16.7. The van der Waals surface area contributed by atoms with Gasteiger partial charge in [0.2, 0.25) is 0 Å². The molecule has 0 bridgehead atoms. The standard InChI is InChI=1S/C45H40O16/c1-8-38(46)58-32-15-10-26(16-24(32)4)42(48)56-27-11-13-29(34(19-27)52-6)43(49)60-36-21-54-41-37(22-55-40(36)41)61-44(50)30-14-12-28(20-35(30)53-7)57-45(51)31-17-25(5)33(18-23(31)3)59-39(47)9-2/h8-20,36-37,40-41H,1-2,21-22H2,3-7H3/t36-,37+,40-,41-/m1/s1. The van der Waals surface area contributed by atoms with Gasteiger partial charge in [-0.15, -0.1) is 0 Å². The average Bonchev–Trinajstić information content (AvgIpc) is 3.84. The van der Waals surface area contributed by atoms with Crippen molar-refractivity contribution < 1.29 is 76.1 Å². The van der Waals surface area contributed by atoms with Crippen LogP contribution in [0.25, 0.3) is 0 Å². The van der Waals surface area contributed by atoms with E-state index in [9.17, 15) is 28.8 Å². The number of benzene rings is 4. The van der Waals surface area contributed by atoms with E-state index >= 15 is 0 Å². The predicted molar refractivity (Wildman–Crippen MR) is 213 cm³/mol. The van der Waals surface area contributed by atoms with Crippen LogP contribution in [-0.4, -0.2) is 87.7 Å². The molecule has 0 spiro atoms. The number of ether oxygens (including phenoxy) is 10. The lowest BCUT2D eigenvalue weighted by Gasteiger charge is -2.18. The molecule has 16 nitrogen and oxygen atoms in total. The SMILES string of the molecule is C=CC(=O)Oc1ccc(C(=O)Oc2ccc(C(=O)O[C@@H]3CO[C@H]4[C@@H]3OC[C@@H]4OC(=O)c3ccc(OC(=O)c4cc(C)c(OC(=O)C=C)cc4C)cc3OC)c(OC)c2)cc1C. The van der Waals surface area contributed by atoms with Gasteiger partial charge < -0.3 is 47.4 Å². The van der Waals surface area contributed by atoms with Gasteiger partial charge in [-0.1, -0.05) is 13.2 Å². The normalized spacial score (nSPS) is 17.5. The van der Waals surface area contributed by atoms with Crippen molar-refractivity contribution in [2.24, 2.45) is 0 Å². The highest BCUT2D eigenvalue weighted by molar-refractivity contribution is 5.96. The quantitative estimate of drug-likeness (QED) is 0.0839. The van der Waals surface area contributed by atoms with E-state index in [4.69, 9.17) is 47.4 Å².